The maximum atomic E-state index is 3.72. The van der Waals surface area contributed by atoms with Crippen molar-refractivity contribution in [3.05, 3.63) is 200 Å². The second-order valence-corrected chi connectivity index (χ2v) is 15.3. The molecule has 55 heavy (non-hydrogen) atoms. The molecule has 0 aliphatic carbocycles. The summed E-state index contributed by atoms with van der Waals surface area (Å²) in [5, 5.41) is 11.4. The van der Waals surface area contributed by atoms with Crippen molar-refractivity contribution < 1.29 is 0 Å². The Kier molecular flexibility index (Phi) is 7.39. The summed E-state index contributed by atoms with van der Waals surface area (Å²) in [5.74, 6) is 0. The Morgan fingerprint density at radius 2 is 1.00 bits per heavy atom. The van der Waals surface area contributed by atoms with Crippen LogP contribution in [0.2, 0.25) is 0 Å². The molecule has 0 aliphatic rings. The van der Waals surface area contributed by atoms with Crippen molar-refractivity contribution in [2.75, 3.05) is 5.32 Å². The van der Waals surface area contributed by atoms with Crippen LogP contribution in [0.5, 0.6) is 0 Å². The van der Waals surface area contributed by atoms with Gasteiger partial charge in [-0.1, -0.05) is 127 Å². The Balaban J connectivity index is 1.01. The van der Waals surface area contributed by atoms with Crippen molar-refractivity contribution in [2.24, 2.45) is 0 Å². The zero-order valence-electron chi connectivity index (χ0n) is 29.9. The molecule has 1 N–H and O–H groups in total. The second-order valence-electron chi connectivity index (χ2n) is 14.3. The van der Waals surface area contributed by atoms with Crippen molar-refractivity contribution in [3.63, 3.8) is 0 Å². The fourth-order valence-corrected chi connectivity index (χ4v) is 9.39. The highest BCUT2D eigenvalue weighted by molar-refractivity contribution is 7.25. The van der Waals surface area contributed by atoms with Gasteiger partial charge in [0.1, 0.15) is 0 Å². The number of benzene rings is 9. The minimum absolute atomic E-state index is 1.07. The number of hydrogen-bond donors (Lipinski definition) is 1. The second kappa shape index (κ2) is 12.9. The summed E-state index contributed by atoms with van der Waals surface area (Å²) in [5.41, 5.74) is 12.9. The number of thiophene rings is 1. The average molecular weight is 719 g/mol. The number of nitrogens with zero attached hydrogens (tertiary/aromatic N) is 1. The SMILES string of the molecule is c1ccc(Nc2ccc(-c3ccc4c(c3)c3ccccc3n4-c3ccc(-c4ccc5ccccc5c4)cc3)cc2-c2ccc3c(c2)sc2ccccc23)cc1. The number of para-hydroxylation sites is 2. The normalized spacial score (nSPS) is 11.6. The van der Waals surface area contributed by atoms with E-state index in [-0.39, 0.29) is 0 Å². The first-order chi connectivity index (χ1) is 27.2. The smallest absolute Gasteiger partial charge is 0.0541 e. The van der Waals surface area contributed by atoms with Crippen molar-refractivity contribution >= 4 is 75.5 Å². The summed E-state index contributed by atoms with van der Waals surface area (Å²) in [6.45, 7) is 0. The van der Waals surface area contributed by atoms with E-state index in [1.54, 1.807) is 0 Å². The van der Waals surface area contributed by atoms with E-state index in [4.69, 9.17) is 0 Å². The molecule has 2 heterocycles. The predicted octanol–water partition coefficient (Wildman–Crippen LogP) is 15.0. The van der Waals surface area contributed by atoms with Crippen LogP contribution >= 0.6 is 11.3 Å². The predicted molar refractivity (Wildman–Crippen MR) is 237 cm³/mol. The van der Waals surface area contributed by atoms with Crippen LogP contribution in [0.3, 0.4) is 0 Å². The van der Waals surface area contributed by atoms with Crippen LogP contribution in [0.25, 0.3) is 91.8 Å². The molecule has 0 fully saturated rings. The Morgan fingerprint density at radius 3 is 1.89 bits per heavy atom. The number of nitrogens with one attached hydrogen (secondary N) is 1. The summed E-state index contributed by atoms with van der Waals surface area (Å²) in [6.07, 6.45) is 0. The zero-order chi connectivity index (χ0) is 36.3. The molecule has 0 spiro atoms. The van der Waals surface area contributed by atoms with Crippen molar-refractivity contribution in [2.45, 2.75) is 0 Å². The quantitative estimate of drug-likeness (QED) is 0.181. The molecule has 0 bridgehead atoms. The third-order valence-corrected chi connectivity index (χ3v) is 12.1. The number of aromatic nitrogens is 1. The number of hydrogen-bond acceptors (Lipinski definition) is 2. The molecule has 0 aliphatic heterocycles. The van der Waals surface area contributed by atoms with Gasteiger partial charge < -0.3 is 9.88 Å². The van der Waals surface area contributed by atoms with Crippen molar-refractivity contribution in [3.8, 4) is 39.1 Å². The lowest BCUT2D eigenvalue weighted by molar-refractivity contribution is 1.18. The van der Waals surface area contributed by atoms with E-state index in [0.717, 1.165) is 17.1 Å². The van der Waals surface area contributed by atoms with Gasteiger partial charge in [-0.3, -0.25) is 0 Å². The Morgan fingerprint density at radius 1 is 0.364 bits per heavy atom. The standard InChI is InChI=1S/C52H34N2S/c1-2-12-41(13-3-1)53-48-28-23-38(31-46(48)40-22-27-45-44-15-7-9-17-51(44)55-52(45)33-40)39-24-29-50-47(32-39)43-14-6-8-16-49(43)54(50)42-25-20-35(21-26-42)37-19-18-34-10-4-5-11-36(34)30-37/h1-33,53H. The van der Waals surface area contributed by atoms with E-state index in [9.17, 15) is 0 Å². The Labute approximate surface area is 323 Å². The zero-order valence-corrected chi connectivity index (χ0v) is 30.7. The van der Waals surface area contributed by atoms with Gasteiger partial charge in [0, 0.05) is 53.6 Å². The van der Waals surface area contributed by atoms with E-state index >= 15 is 0 Å². The Hall–Kier alpha value is -6.94. The van der Waals surface area contributed by atoms with Gasteiger partial charge in [-0.15, -0.1) is 11.3 Å². The lowest BCUT2D eigenvalue weighted by atomic mass is 9.95. The largest absolute Gasteiger partial charge is 0.355 e. The highest BCUT2D eigenvalue weighted by atomic mass is 32.1. The third kappa shape index (κ3) is 5.48. The van der Waals surface area contributed by atoms with Gasteiger partial charge in [-0.2, -0.15) is 0 Å². The Bertz CT molecular complexity index is 3220. The van der Waals surface area contributed by atoms with Gasteiger partial charge in [-0.25, -0.2) is 0 Å². The molecule has 3 heteroatoms. The minimum Gasteiger partial charge on any atom is -0.355 e. The highest BCUT2D eigenvalue weighted by Crippen LogP contribution is 2.41. The van der Waals surface area contributed by atoms with Gasteiger partial charge in [0.15, 0.2) is 0 Å². The number of fused-ring (bicyclic) bond motifs is 7. The van der Waals surface area contributed by atoms with Gasteiger partial charge in [0.05, 0.1) is 11.0 Å². The van der Waals surface area contributed by atoms with Crippen LogP contribution < -0.4 is 5.32 Å². The molecular weight excluding hydrogens is 685 g/mol. The topological polar surface area (TPSA) is 17.0 Å². The summed E-state index contributed by atoms with van der Waals surface area (Å²) < 4.78 is 5.02. The third-order valence-electron chi connectivity index (χ3n) is 11.0. The van der Waals surface area contributed by atoms with Gasteiger partial charge in [-0.05, 0) is 111 Å². The molecular formula is C52H34N2S. The molecule has 0 saturated carbocycles. The maximum Gasteiger partial charge on any atom is 0.0541 e. The highest BCUT2D eigenvalue weighted by Gasteiger charge is 2.16. The first-order valence-corrected chi connectivity index (χ1v) is 19.6. The van der Waals surface area contributed by atoms with Crippen LogP contribution in [-0.4, -0.2) is 4.57 Å². The summed E-state index contributed by atoms with van der Waals surface area (Å²) in [4.78, 5) is 0. The number of anilines is 2. The monoisotopic (exact) mass is 718 g/mol. The number of rotatable bonds is 6. The minimum atomic E-state index is 1.07. The van der Waals surface area contributed by atoms with Gasteiger partial charge in [0.25, 0.3) is 0 Å². The molecule has 0 amide bonds. The van der Waals surface area contributed by atoms with Crippen molar-refractivity contribution in [1.82, 2.24) is 4.57 Å². The average Bonchev–Trinajstić information content (AvgIpc) is 3.79. The van der Waals surface area contributed by atoms with Gasteiger partial charge >= 0.3 is 0 Å². The molecule has 2 nitrogen and oxygen atoms in total. The van der Waals surface area contributed by atoms with E-state index < -0.39 is 0 Å². The lowest BCUT2D eigenvalue weighted by Gasteiger charge is -2.15. The summed E-state index contributed by atoms with van der Waals surface area (Å²) in [6, 6.07) is 72.9. The fourth-order valence-electron chi connectivity index (χ4n) is 8.24. The van der Waals surface area contributed by atoms with E-state index in [2.05, 4.69) is 210 Å². The van der Waals surface area contributed by atoms with Crippen molar-refractivity contribution in [1.29, 1.82) is 0 Å². The first kappa shape index (κ1) is 31.6. The molecule has 0 radical (unpaired) electrons. The molecule has 11 aromatic rings. The summed E-state index contributed by atoms with van der Waals surface area (Å²) >= 11 is 1.86. The van der Waals surface area contributed by atoms with E-state index in [1.807, 2.05) is 11.3 Å². The molecule has 0 unspecified atom stereocenters. The lowest BCUT2D eigenvalue weighted by Crippen LogP contribution is -1.95. The van der Waals surface area contributed by atoms with Gasteiger partial charge in [0.2, 0.25) is 0 Å². The molecule has 2 aromatic heterocycles. The molecule has 11 rings (SSSR count). The molecule has 9 aromatic carbocycles. The van der Waals surface area contributed by atoms with E-state index in [0.29, 0.717) is 0 Å². The summed E-state index contributed by atoms with van der Waals surface area (Å²) in [7, 11) is 0. The van der Waals surface area contributed by atoms with Crippen LogP contribution in [-0.2, 0) is 0 Å². The van der Waals surface area contributed by atoms with Crippen LogP contribution in [0.15, 0.2) is 200 Å². The fraction of sp³-hybridized carbons (Fsp3) is 0. The molecule has 0 saturated heterocycles. The van der Waals surface area contributed by atoms with Crippen LogP contribution in [0, 0.1) is 0 Å². The molecule has 0 atom stereocenters. The van der Waals surface area contributed by atoms with Crippen LogP contribution in [0.4, 0.5) is 11.4 Å². The molecule has 258 valence electrons. The maximum absolute atomic E-state index is 3.72. The first-order valence-electron chi connectivity index (χ1n) is 18.7. The van der Waals surface area contributed by atoms with E-state index in [1.165, 1.54) is 86.1 Å². The van der Waals surface area contributed by atoms with Crippen LogP contribution in [0.1, 0.15) is 0 Å².